The Balaban J connectivity index is 1.63. The van der Waals surface area contributed by atoms with Crippen LogP contribution in [0.4, 0.5) is 5.82 Å². The highest BCUT2D eigenvalue weighted by Gasteiger charge is 2.33. The summed E-state index contributed by atoms with van der Waals surface area (Å²) in [5, 5.41) is 6.20. The van der Waals surface area contributed by atoms with Crippen molar-refractivity contribution in [1.82, 2.24) is 10.3 Å². The standard InChI is InChI=1S/C17H19N3O2/c21-17(20-15-8-4-5-9-18-15)16(14-11-22-12-14)19-10-13-6-2-1-3-7-13/h1-9,14,16,19H,10-12H2,(H,18,20,21)/t16-/m0/s1. The second-order valence-electron chi connectivity index (χ2n) is 5.35. The van der Waals surface area contributed by atoms with Crippen LogP contribution < -0.4 is 10.6 Å². The summed E-state index contributed by atoms with van der Waals surface area (Å²) in [6.07, 6.45) is 1.66. The maximum atomic E-state index is 12.5. The molecule has 1 atom stereocenters. The first-order chi connectivity index (χ1) is 10.8. The van der Waals surface area contributed by atoms with E-state index in [4.69, 9.17) is 4.74 Å². The molecule has 1 aliphatic rings. The van der Waals surface area contributed by atoms with E-state index in [1.54, 1.807) is 12.3 Å². The van der Waals surface area contributed by atoms with Gasteiger partial charge in [0.2, 0.25) is 5.91 Å². The summed E-state index contributed by atoms with van der Waals surface area (Å²) in [7, 11) is 0. The molecule has 0 bridgehead atoms. The average Bonchev–Trinajstić information content (AvgIpc) is 2.51. The van der Waals surface area contributed by atoms with Crippen molar-refractivity contribution in [3.05, 3.63) is 60.3 Å². The predicted octanol–water partition coefficient (Wildman–Crippen LogP) is 1.82. The number of benzene rings is 1. The maximum absolute atomic E-state index is 12.5. The Labute approximate surface area is 129 Å². The lowest BCUT2D eigenvalue weighted by molar-refractivity contribution is -0.125. The molecule has 1 fully saturated rings. The molecule has 1 aromatic carbocycles. The Kier molecular flexibility index (Phi) is 4.78. The molecule has 114 valence electrons. The van der Waals surface area contributed by atoms with Crippen molar-refractivity contribution in [2.24, 2.45) is 5.92 Å². The van der Waals surface area contributed by atoms with Crippen molar-refractivity contribution in [3.63, 3.8) is 0 Å². The number of anilines is 1. The van der Waals surface area contributed by atoms with Gasteiger partial charge in [0.25, 0.3) is 0 Å². The van der Waals surface area contributed by atoms with Gasteiger partial charge in [-0.05, 0) is 17.7 Å². The van der Waals surface area contributed by atoms with E-state index < -0.39 is 0 Å². The Morgan fingerprint density at radius 3 is 2.59 bits per heavy atom. The summed E-state index contributed by atoms with van der Waals surface area (Å²) in [6, 6.07) is 15.2. The lowest BCUT2D eigenvalue weighted by atomic mass is 9.97. The molecule has 2 heterocycles. The molecule has 2 N–H and O–H groups in total. The number of carbonyl (C=O) groups excluding carboxylic acids is 1. The maximum Gasteiger partial charge on any atom is 0.243 e. The zero-order chi connectivity index (χ0) is 15.2. The van der Waals surface area contributed by atoms with Gasteiger partial charge in [-0.1, -0.05) is 36.4 Å². The summed E-state index contributed by atoms with van der Waals surface area (Å²) >= 11 is 0. The minimum Gasteiger partial charge on any atom is -0.381 e. The quantitative estimate of drug-likeness (QED) is 0.854. The van der Waals surface area contributed by atoms with Gasteiger partial charge in [-0.15, -0.1) is 0 Å². The predicted molar refractivity (Wildman–Crippen MR) is 84.2 cm³/mol. The van der Waals surface area contributed by atoms with Crippen LogP contribution in [0.1, 0.15) is 5.56 Å². The molecular formula is C17H19N3O2. The Hall–Kier alpha value is -2.24. The van der Waals surface area contributed by atoms with Gasteiger partial charge >= 0.3 is 0 Å². The van der Waals surface area contributed by atoms with Crippen molar-refractivity contribution in [3.8, 4) is 0 Å². The van der Waals surface area contributed by atoms with Crippen LogP contribution in [0.3, 0.4) is 0 Å². The molecule has 22 heavy (non-hydrogen) atoms. The average molecular weight is 297 g/mol. The molecule has 1 amide bonds. The number of amides is 1. The first-order valence-corrected chi connectivity index (χ1v) is 7.40. The lowest BCUT2D eigenvalue weighted by Crippen LogP contribution is -2.52. The Bertz CT molecular complexity index is 600. The van der Waals surface area contributed by atoms with Crippen LogP contribution in [0, 0.1) is 5.92 Å². The minimum absolute atomic E-state index is 0.0667. The van der Waals surface area contributed by atoms with Gasteiger partial charge in [-0.25, -0.2) is 4.98 Å². The number of hydrogen-bond acceptors (Lipinski definition) is 4. The van der Waals surface area contributed by atoms with Crippen molar-refractivity contribution in [2.45, 2.75) is 12.6 Å². The number of nitrogens with one attached hydrogen (secondary N) is 2. The van der Waals surface area contributed by atoms with E-state index in [1.807, 2.05) is 42.5 Å². The smallest absolute Gasteiger partial charge is 0.243 e. The normalized spacial score (nSPS) is 15.8. The van der Waals surface area contributed by atoms with Crippen LogP contribution in [0.25, 0.3) is 0 Å². The van der Waals surface area contributed by atoms with Gasteiger partial charge in [0, 0.05) is 18.7 Å². The zero-order valence-electron chi connectivity index (χ0n) is 12.2. The third-order valence-corrected chi connectivity index (χ3v) is 3.70. The third-order valence-electron chi connectivity index (χ3n) is 3.70. The summed E-state index contributed by atoms with van der Waals surface area (Å²) in [4.78, 5) is 16.6. The molecule has 0 spiro atoms. The molecule has 0 unspecified atom stereocenters. The number of carbonyl (C=O) groups is 1. The SMILES string of the molecule is O=C(Nc1ccccn1)[C@@H](NCc1ccccc1)C1COC1. The Morgan fingerprint density at radius 2 is 1.95 bits per heavy atom. The molecule has 3 rings (SSSR count). The topological polar surface area (TPSA) is 63.2 Å². The minimum atomic E-state index is -0.282. The van der Waals surface area contributed by atoms with Crippen LogP contribution >= 0.6 is 0 Å². The summed E-state index contributed by atoms with van der Waals surface area (Å²) in [5.41, 5.74) is 1.15. The van der Waals surface area contributed by atoms with Gasteiger partial charge < -0.3 is 15.4 Å². The first kappa shape index (κ1) is 14.7. The van der Waals surface area contributed by atoms with Crippen LogP contribution in [-0.4, -0.2) is 30.1 Å². The summed E-state index contributed by atoms with van der Waals surface area (Å²) < 4.78 is 5.23. The van der Waals surface area contributed by atoms with E-state index in [-0.39, 0.29) is 17.9 Å². The summed E-state index contributed by atoms with van der Waals surface area (Å²) in [6.45, 7) is 1.88. The van der Waals surface area contributed by atoms with Crippen molar-refractivity contribution in [1.29, 1.82) is 0 Å². The monoisotopic (exact) mass is 297 g/mol. The molecule has 1 aromatic heterocycles. The number of hydrogen-bond donors (Lipinski definition) is 2. The molecule has 0 saturated carbocycles. The second-order valence-corrected chi connectivity index (χ2v) is 5.35. The van der Waals surface area contributed by atoms with Crippen LogP contribution in [0.5, 0.6) is 0 Å². The fourth-order valence-corrected chi connectivity index (χ4v) is 2.38. The third kappa shape index (κ3) is 3.69. The van der Waals surface area contributed by atoms with Gasteiger partial charge in [-0.3, -0.25) is 4.79 Å². The number of aromatic nitrogens is 1. The van der Waals surface area contributed by atoms with Crippen molar-refractivity contribution < 1.29 is 9.53 Å². The van der Waals surface area contributed by atoms with E-state index in [2.05, 4.69) is 15.6 Å². The summed E-state index contributed by atoms with van der Waals surface area (Å²) in [5.74, 6) is 0.703. The van der Waals surface area contributed by atoms with Gasteiger partial charge in [0.05, 0.1) is 19.3 Å². The van der Waals surface area contributed by atoms with E-state index in [9.17, 15) is 4.79 Å². The van der Waals surface area contributed by atoms with Gasteiger partial charge in [-0.2, -0.15) is 0 Å². The number of ether oxygens (including phenoxy) is 1. The molecular weight excluding hydrogens is 278 g/mol. The largest absolute Gasteiger partial charge is 0.381 e. The highest BCUT2D eigenvalue weighted by atomic mass is 16.5. The fourth-order valence-electron chi connectivity index (χ4n) is 2.38. The number of pyridine rings is 1. The molecule has 5 heteroatoms. The van der Waals surface area contributed by atoms with Gasteiger partial charge in [0.15, 0.2) is 0 Å². The van der Waals surface area contributed by atoms with Crippen molar-refractivity contribution in [2.75, 3.05) is 18.5 Å². The van der Waals surface area contributed by atoms with Crippen LogP contribution in [0.15, 0.2) is 54.7 Å². The zero-order valence-corrected chi connectivity index (χ0v) is 12.2. The molecule has 5 nitrogen and oxygen atoms in total. The molecule has 0 aliphatic carbocycles. The molecule has 0 radical (unpaired) electrons. The van der Waals surface area contributed by atoms with Crippen LogP contribution in [0.2, 0.25) is 0 Å². The molecule has 2 aromatic rings. The van der Waals surface area contributed by atoms with E-state index >= 15 is 0 Å². The highest BCUT2D eigenvalue weighted by molar-refractivity contribution is 5.94. The van der Waals surface area contributed by atoms with E-state index in [0.29, 0.717) is 25.6 Å². The highest BCUT2D eigenvalue weighted by Crippen LogP contribution is 2.17. The fraction of sp³-hybridized carbons (Fsp3) is 0.294. The van der Waals surface area contributed by atoms with Crippen LogP contribution in [-0.2, 0) is 16.1 Å². The molecule has 1 saturated heterocycles. The van der Waals surface area contributed by atoms with Crippen molar-refractivity contribution >= 4 is 11.7 Å². The Morgan fingerprint density at radius 1 is 1.18 bits per heavy atom. The first-order valence-electron chi connectivity index (χ1n) is 7.40. The lowest BCUT2D eigenvalue weighted by Gasteiger charge is -2.33. The van der Waals surface area contributed by atoms with E-state index in [0.717, 1.165) is 5.56 Å². The number of rotatable bonds is 6. The number of nitrogens with zero attached hydrogens (tertiary/aromatic N) is 1. The van der Waals surface area contributed by atoms with E-state index in [1.165, 1.54) is 0 Å². The second kappa shape index (κ2) is 7.15. The molecule has 1 aliphatic heterocycles. The van der Waals surface area contributed by atoms with Gasteiger partial charge in [0.1, 0.15) is 5.82 Å².